The zero-order valence-corrected chi connectivity index (χ0v) is 13.8. The van der Waals surface area contributed by atoms with Gasteiger partial charge in [-0.2, -0.15) is 0 Å². The number of aryl methyl sites for hydroxylation is 1. The lowest BCUT2D eigenvalue weighted by molar-refractivity contribution is -0.130. The minimum absolute atomic E-state index is 0.131. The van der Waals surface area contributed by atoms with Crippen LogP contribution in [0.2, 0.25) is 0 Å². The maximum atomic E-state index is 12.4. The Kier molecular flexibility index (Phi) is 4.96. The van der Waals surface area contributed by atoms with E-state index in [1.165, 1.54) is 5.56 Å². The maximum absolute atomic E-state index is 12.4. The van der Waals surface area contributed by atoms with Gasteiger partial charge in [-0.1, -0.05) is 18.2 Å². The minimum atomic E-state index is 0.131. The van der Waals surface area contributed by atoms with Crippen molar-refractivity contribution in [3.05, 3.63) is 29.8 Å². The van der Waals surface area contributed by atoms with Crippen molar-refractivity contribution in [2.24, 2.45) is 5.92 Å². The number of rotatable bonds is 5. The van der Waals surface area contributed by atoms with Crippen molar-refractivity contribution in [3.8, 4) is 0 Å². The Morgan fingerprint density at radius 3 is 2.96 bits per heavy atom. The standard InChI is InChI=1S/C18H25N3O2/c1-19-12-14-8-10-20(13-14)17(22)9-11-21-16-5-3-2-4-15(16)6-7-18(21)23/h2-5,14,19H,6-13H2,1H3. The highest BCUT2D eigenvalue weighted by Gasteiger charge is 2.28. The van der Waals surface area contributed by atoms with Crippen LogP contribution in [0.1, 0.15) is 24.8 Å². The van der Waals surface area contributed by atoms with Crippen molar-refractivity contribution in [2.75, 3.05) is 38.1 Å². The first-order chi connectivity index (χ1) is 11.2. The fourth-order valence-electron chi connectivity index (χ4n) is 3.62. The van der Waals surface area contributed by atoms with Gasteiger partial charge >= 0.3 is 0 Å². The Hall–Kier alpha value is -1.88. The number of para-hydroxylation sites is 1. The first kappa shape index (κ1) is 16.0. The zero-order valence-electron chi connectivity index (χ0n) is 13.8. The molecule has 0 aliphatic carbocycles. The fraction of sp³-hybridized carbons (Fsp3) is 0.556. The predicted octanol–water partition coefficient (Wildman–Crippen LogP) is 1.42. The summed E-state index contributed by atoms with van der Waals surface area (Å²) in [5.74, 6) is 0.853. The van der Waals surface area contributed by atoms with Crippen LogP contribution in [0.3, 0.4) is 0 Å². The van der Waals surface area contributed by atoms with Crippen LogP contribution in [0.15, 0.2) is 24.3 Å². The van der Waals surface area contributed by atoms with Crippen LogP contribution in [0.5, 0.6) is 0 Å². The SMILES string of the molecule is CNCC1CCN(C(=O)CCN2C(=O)CCc3ccccc32)C1. The Balaban J connectivity index is 1.58. The van der Waals surface area contributed by atoms with Gasteiger partial charge in [-0.15, -0.1) is 0 Å². The van der Waals surface area contributed by atoms with Gasteiger partial charge in [0, 0.05) is 38.2 Å². The van der Waals surface area contributed by atoms with Crippen LogP contribution in [0.25, 0.3) is 0 Å². The first-order valence-corrected chi connectivity index (χ1v) is 8.49. The molecular formula is C18H25N3O2. The topological polar surface area (TPSA) is 52.7 Å². The van der Waals surface area contributed by atoms with E-state index in [9.17, 15) is 9.59 Å². The number of carbonyl (C=O) groups excluding carboxylic acids is 2. The molecule has 1 atom stereocenters. The van der Waals surface area contributed by atoms with Crippen molar-refractivity contribution in [2.45, 2.75) is 25.7 Å². The Bertz CT molecular complexity index is 587. The van der Waals surface area contributed by atoms with Crippen molar-refractivity contribution in [3.63, 3.8) is 0 Å². The molecule has 2 aliphatic rings. The molecular weight excluding hydrogens is 290 g/mol. The van der Waals surface area contributed by atoms with Crippen LogP contribution < -0.4 is 10.2 Å². The van der Waals surface area contributed by atoms with E-state index >= 15 is 0 Å². The van der Waals surface area contributed by atoms with Crippen molar-refractivity contribution < 1.29 is 9.59 Å². The molecule has 124 valence electrons. The second-order valence-corrected chi connectivity index (χ2v) is 6.48. The number of hydrogen-bond acceptors (Lipinski definition) is 3. The number of benzene rings is 1. The van der Waals surface area contributed by atoms with Gasteiger partial charge < -0.3 is 15.1 Å². The summed E-state index contributed by atoms with van der Waals surface area (Å²) < 4.78 is 0. The molecule has 1 N–H and O–H groups in total. The lowest BCUT2D eigenvalue weighted by Gasteiger charge is -2.29. The number of likely N-dealkylation sites (tertiary alicyclic amines) is 1. The van der Waals surface area contributed by atoms with Crippen LogP contribution in [0.4, 0.5) is 5.69 Å². The molecule has 1 fully saturated rings. The van der Waals surface area contributed by atoms with Crippen LogP contribution >= 0.6 is 0 Å². The number of hydrogen-bond donors (Lipinski definition) is 1. The molecule has 0 aromatic heterocycles. The molecule has 2 amide bonds. The van der Waals surface area contributed by atoms with E-state index in [-0.39, 0.29) is 11.8 Å². The monoisotopic (exact) mass is 315 g/mol. The van der Waals surface area contributed by atoms with E-state index in [2.05, 4.69) is 11.4 Å². The molecule has 1 aromatic rings. The minimum Gasteiger partial charge on any atom is -0.342 e. The number of amides is 2. The lowest BCUT2D eigenvalue weighted by atomic mass is 10.0. The van der Waals surface area contributed by atoms with Gasteiger partial charge in [0.1, 0.15) is 0 Å². The Labute approximate surface area is 137 Å². The summed E-state index contributed by atoms with van der Waals surface area (Å²) in [5.41, 5.74) is 2.18. The van der Waals surface area contributed by atoms with Gasteiger partial charge in [-0.3, -0.25) is 9.59 Å². The lowest BCUT2D eigenvalue weighted by Crippen LogP contribution is -2.39. The van der Waals surface area contributed by atoms with Gasteiger partial charge in [-0.05, 0) is 44.0 Å². The molecule has 0 radical (unpaired) electrons. The molecule has 23 heavy (non-hydrogen) atoms. The summed E-state index contributed by atoms with van der Waals surface area (Å²) in [4.78, 5) is 28.4. The third kappa shape index (κ3) is 3.55. The summed E-state index contributed by atoms with van der Waals surface area (Å²) in [6.45, 7) is 3.13. The molecule has 1 aromatic carbocycles. The molecule has 2 heterocycles. The largest absolute Gasteiger partial charge is 0.342 e. The van der Waals surface area contributed by atoms with E-state index in [1.54, 1.807) is 4.90 Å². The Morgan fingerprint density at radius 1 is 1.30 bits per heavy atom. The van der Waals surface area contributed by atoms with Crippen molar-refractivity contribution in [1.29, 1.82) is 0 Å². The van der Waals surface area contributed by atoms with Gasteiger partial charge in [0.2, 0.25) is 11.8 Å². The Morgan fingerprint density at radius 2 is 2.13 bits per heavy atom. The highest BCUT2D eigenvalue weighted by atomic mass is 16.2. The third-order valence-corrected chi connectivity index (χ3v) is 4.87. The van der Waals surface area contributed by atoms with E-state index in [4.69, 9.17) is 0 Å². The predicted molar refractivity (Wildman–Crippen MR) is 90.3 cm³/mol. The van der Waals surface area contributed by atoms with E-state index < -0.39 is 0 Å². The second kappa shape index (κ2) is 7.13. The molecule has 0 bridgehead atoms. The molecule has 1 saturated heterocycles. The normalized spacial score (nSPS) is 20.7. The van der Waals surface area contributed by atoms with E-state index in [1.807, 2.05) is 30.1 Å². The molecule has 1 unspecified atom stereocenters. The van der Waals surface area contributed by atoms with Gasteiger partial charge in [0.25, 0.3) is 0 Å². The van der Waals surface area contributed by atoms with Crippen LogP contribution in [-0.2, 0) is 16.0 Å². The zero-order chi connectivity index (χ0) is 16.2. The third-order valence-electron chi connectivity index (χ3n) is 4.87. The van der Waals surface area contributed by atoms with Gasteiger partial charge in [0.05, 0.1) is 0 Å². The molecule has 0 spiro atoms. The number of carbonyl (C=O) groups is 2. The number of anilines is 1. The summed E-state index contributed by atoms with van der Waals surface area (Å²) in [5, 5.41) is 3.18. The number of nitrogens with zero attached hydrogens (tertiary/aromatic N) is 2. The second-order valence-electron chi connectivity index (χ2n) is 6.48. The van der Waals surface area contributed by atoms with Crippen LogP contribution in [-0.4, -0.2) is 49.9 Å². The average Bonchev–Trinajstić information content (AvgIpc) is 3.03. The average molecular weight is 315 g/mol. The van der Waals surface area contributed by atoms with E-state index in [0.29, 0.717) is 25.3 Å². The quantitative estimate of drug-likeness (QED) is 0.894. The molecule has 0 saturated carbocycles. The summed E-state index contributed by atoms with van der Waals surface area (Å²) in [7, 11) is 1.95. The van der Waals surface area contributed by atoms with Crippen LogP contribution in [0, 0.1) is 5.92 Å². The number of fused-ring (bicyclic) bond motifs is 1. The molecule has 5 nitrogen and oxygen atoms in total. The highest BCUT2D eigenvalue weighted by molar-refractivity contribution is 5.97. The van der Waals surface area contributed by atoms with Crippen molar-refractivity contribution in [1.82, 2.24) is 10.2 Å². The highest BCUT2D eigenvalue weighted by Crippen LogP contribution is 2.27. The van der Waals surface area contributed by atoms with E-state index in [0.717, 1.165) is 38.2 Å². The first-order valence-electron chi connectivity index (χ1n) is 8.49. The summed E-state index contributed by atoms with van der Waals surface area (Å²) in [6.07, 6.45) is 2.82. The maximum Gasteiger partial charge on any atom is 0.227 e. The summed E-state index contributed by atoms with van der Waals surface area (Å²) in [6, 6.07) is 8.01. The molecule has 5 heteroatoms. The van der Waals surface area contributed by atoms with Gasteiger partial charge in [0.15, 0.2) is 0 Å². The van der Waals surface area contributed by atoms with Crippen molar-refractivity contribution >= 4 is 17.5 Å². The number of nitrogens with one attached hydrogen (secondary N) is 1. The fourth-order valence-corrected chi connectivity index (χ4v) is 3.62. The smallest absolute Gasteiger partial charge is 0.227 e. The molecule has 3 rings (SSSR count). The summed E-state index contributed by atoms with van der Waals surface area (Å²) >= 11 is 0. The van der Waals surface area contributed by atoms with Gasteiger partial charge in [-0.25, -0.2) is 0 Å². The molecule has 2 aliphatic heterocycles.